The molecule has 114 valence electrons. The van der Waals surface area contributed by atoms with Crippen molar-refractivity contribution in [1.82, 2.24) is 10.2 Å². The Labute approximate surface area is 125 Å². The highest BCUT2D eigenvalue weighted by Gasteiger charge is 2.38. The van der Waals surface area contributed by atoms with Crippen LogP contribution in [0.25, 0.3) is 0 Å². The molecule has 4 heteroatoms. The number of benzene rings is 1. The van der Waals surface area contributed by atoms with E-state index >= 15 is 0 Å². The first-order valence-electron chi connectivity index (χ1n) is 7.99. The number of rotatable bonds is 3. The molecule has 1 aromatic carbocycles. The summed E-state index contributed by atoms with van der Waals surface area (Å²) in [5.74, 6) is 0.662. The Morgan fingerprint density at radius 3 is 2.76 bits per heavy atom. The maximum atomic E-state index is 13.1. The molecule has 1 amide bonds. The Morgan fingerprint density at radius 1 is 1.29 bits per heavy atom. The summed E-state index contributed by atoms with van der Waals surface area (Å²) >= 11 is 0. The first kappa shape index (κ1) is 14.5. The van der Waals surface area contributed by atoms with E-state index in [1.54, 1.807) is 12.1 Å². The molecule has 2 fully saturated rings. The van der Waals surface area contributed by atoms with Gasteiger partial charge < -0.3 is 4.90 Å². The van der Waals surface area contributed by atoms with Gasteiger partial charge in [-0.25, -0.2) is 4.39 Å². The van der Waals surface area contributed by atoms with E-state index in [1.165, 1.54) is 31.4 Å². The number of hydrogen-bond donors (Lipinski definition) is 1. The second-order valence-electron chi connectivity index (χ2n) is 6.23. The lowest BCUT2D eigenvalue weighted by molar-refractivity contribution is -0.131. The molecule has 1 saturated heterocycles. The molecular weight excluding hydrogens is 267 g/mol. The molecule has 1 N–H and O–H groups in total. The minimum Gasteiger partial charge on any atom is -0.319 e. The van der Waals surface area contributed by atoms with Crippen LogP contribution < -0.4 is 5.32 Å². The van der Waals surface area contributed by atoms with Crippen molar-refractivity contribution in [1.29, 1.82) is 0 Å². The predicted molar refractivity (Wildman–Crippen MR) is 80.0 cm³/mol. The van der Waals surface area contributed by atoms with E-state index in [-0.39, 0.29) is 17.9 Å². The highest BCUT2D eigenvalue weighted by molar-refractivity contribution is 5.81. The molecule has 1 aliphatic carbocycles. The Morgan fingerprint density at radius 2 is 2.05 bits per heavy atom. The highest BCUT2D eigenvalue weighted by atomic mass is 19.1. The zero-order chi connectivity index (χ0) is 14.8. The summed E-state index contributed by atoms with van der Waals surface area (Å²) in [6.45, 7) is 2.61. The van der Waals surface area contributed by atoms with E-state index in [2.05, 4.69) is 12.2 Å². The van der Waals surface area contributed by atoms with Crippen LogP contribution in [-0.2, 0) is 4.79 Å². The van der Waals surface area contributed by atoms with Gasteiger partial charge in [0.15, 0.2) is 0 Å². The molecule has 1 aliphatic heterocycles. The van der Waals surface area contributed by atoms with Crippen molar-refractivity contribution >= 4 is 5.91 Å². The summed E-state index contributed by atoms with van der Waals surface area (Å²) in [5, 5.41) is 3.28. The van der Waals surface area contributed by atoms with Gasteiger partial charge in [-0.2, -0.15) is 0 Å². The Kier molecular flexibility index (Phi) is 4.24. The van der Waals surface area contributed by atoms with Gasteiger partial charge in [0, 0.05) is 6.04 Å². The van der Waals surface area contributed by atoms with Gasteiger partial charge in [0.2, 0.25) is 5.91 Å². The van der Waals surface area contributed by atoms with Crippen LogP contribution >= 0.6 is 0 Å². The second kappa shape index (κ2) is 6.14. The third-order valence-electron chi connectivity index (χ3n) is 4.92. The SMILES string of the molecule is CCC1CCCC(N2C(=O)CNC2c2ccc(F)cc2)C1. The molecule has 3 nitrogen and oxygen atoms in total. The van der Waals surface area contributed by atoms with Crippen molar-refractivity contribution in [3.8, 4) is 0 Å². The van der Waals surface area contributed by atoms with E-state index < -0.39 is 0 Å². The molecule has 2 aliphatic rings. The summed E-state index contributed by atoms with van der Waals surface area (Å²) in [6, 6.07) is 6.81. The molecule has 1 aromatic rings. The first-order chi connectivity index (χ1) is 10.2. The lowest BCUT2D eigenvalue weighted by Gasteiger charge is -2.38. The lowest BCUT2D eigenvalue weighted by Crippen LogP contribution is -2.42. The monoisotopic (exact) mass is 290 g/mol. The fourth-order valence-corrected chi connectivity index (χ4v) is 3.74. The first-order valence-corrected chi connectivity index (χ1v) is 7.99. The average molecular weight is 290 g/mol. The van der Waals surface area contributed by atoms with E-state index in [4.69, 9.17) is 0 Å². The van der Waals surface area contributed by atoms with Crippen LogP contribution in [0, 0.1) is 11.7 Å². The molecule has 1 saturated carbocycles. The molecule has 21 heavy (non-hydrogen) atoms. The Bertz CT molecular complexity index is 502. The zero-order valence-electron chi connectivity index (χ0n) is 12.5. The number of hydrogen-bond acceptors (Lipinski definition) is 2. The summed E-state index contributed by atoms with van der Waals surface area (Å²) in [6.07, 6.45) is 5.75. The van der Waals surface area contributed by atoms with Crippen molar-refractivity contribution < 1.29 is 9.18 Å². The fourth-order valence-electron chi connectivity index (χ4n) is 3.74. The number of nitrogens with zero attached hydrogens (tertiary/aromatic N) is 1. The average Bonchev–Trinajstić information content (AvgIpc) is 2.90. The van der Waals surface area contributed by atoms with Crippen molar-refractivity contribution in [3.63, 3.8) is 0 Å². The van der Waals surface area contributed by atoms with Gasteiger partial charge in [-0.05, 0) is 36.5 Å². The topological polar surface area (TPSA) is 32.3 Å². The largest absolute Gasteiger partial charge is 0.319 e. The Balaban J connectivity index is 1.80. The molecule has 0 radical (unpaired) electrons. The van der Waals surface area contributed by atoms with Crippen LogP contribution in [0.3, 0.4) is 0 Å². The smallest absolute Gasteiger partial charge is 0.238 e. The molecule has 1 heterocycles. The van der Waals surface area contributed by atoms with E-state index in [1.807, 2.05) is 4.90 Å². The summed E-state index contributed by atoms with van der Waals surface area (Å²) in [5.41, 5.74) is 0.973. The fraction of sp³-hybridized carbons (Fsp3) is 0.588. The van der Waals surface area contributed by atoms with Crippen LogP contribution in [0.4, 0.5) is 4.39 Å². The number of amides is 1. The number of nitrogens with one attached hydrogen (secondary N) is 1. The van der Waals surface area contributed by atoms with Gasteiger partial charge in [0.1, 0.15) is 12.0 Å². The summed E-state index contributed by atoms with van der Waals surface area (Å²) < 4.78 is 13.1. The number of carbonyl (C=O) groups excluding carboxylic acids is 1. The summed E-state index contributed by atoms with van der Waals surface area (Å²) in [7, 11) is 0. The maximum Gasteiger partial charge on any atom is 0.238 e. The van der Waals surface area contributed by atoms with Gasteiger partial charge >= 0.3 is 0 Å². The third kappa shape index (κ3) is 2.95. The normalized spacial score (nSPS) is 29.9. The maximum absolute atomic E-state index is 13.1. The van der Waals surface area contributed by atoms with Crippen LogP contribution in [-0.4, -0.2) is 23.4 Å². The molecule has 0 bridgehead atoms. The van der Waals surface area contributed by atoms with Gasteiger partial charge in [0.25, 0.3) is 0 Å². The molecular formula is C17H23FN2O. The van der Waals surface area contributed by atoms with Crippen molar-refractivity contribution in [2.75, 3.05) is 6.54 Å². The second-order valence-corrected chi connectivity index (χ2v) is 6.23. The lowest BCUT2D eigenvalue weighted by atomic mass is 9.83. The number of halogens is 1. The Hall–Kier alpha value is -1.42. The van der Waals surface area contributed by atoms with E-state index in [9.17, 15) is 9.18 Å². The molecule has 0 aromatic heterocycles. The minimum atomic E-state index is -0.238. The van der Waals surface area contributed by atoms with E-state index in [0.717, 1.165) is 24.3 Å². The number of carbonyl (C=O) groups is 1. The van der Waals surface area contributed by atoms with Gasteiger partial charge in [-0.1, -0.05) is 38.3 Å². The van der Waals surface area contributed by atoms with Crippen LogP contribution in [0.2, 0.25) is 0 Å². The molecule has 3 rings (SSSR count). The van der Waals surface area contributed by atoms with Crippen LogP contribution in [0.15, 0.2) is 24.3 Å². The predicted octanol–water partition coefficient (Wildman–Crippen LogP) is 3.22. The van der Waals surface area contributed by atoms with Gasteiger partial charge in [0.05, 0.1) is 6.54 Å². The highest BCUT2D eigenvalue weighted by Crippen LogP contribution is 2.35. The minimum absolute atomic E-state index is 0.0984. The molecule has 3 unspecified atom stereocenters. The van der Waals surface area contributed by atoms with Crippen molar-refractivity contribution in [2.45, 2.75) is 51.2 Å². The van der Waals surface area contributed by atoms with Crippen molar-refractivity contribution in [3.05, 3.63) is 35.6 Å². The third-order valence-corrected chi connectivity index (χ3v) is 4.92. The van der Waals surface area contributed by atoms with Crippen LogP contribution in [0.5, 0.6) is 0 Å². The standard InChI is InChI=1S/C17H23FN2O/c1-2-12-4-3-5-15(10-12)20-16(21)11-19-17(20)13-6-8-14(18)9-7-13/h6-9,12,15,17,19H,2-5,10-11H2,1H3. The summed E-state index contributed by atoms with van der Waals surface area (Å²) in [4.78, 5) is 14.3. The van der Waals surface area contributed by atoms with E-state index in [0.29, 0.717) is 12.6 Å². The van der Waals surface area contributed by atoms with Gasteiger partial charge in [-0.15, -0.1) is 0 Å². The quantitative estimate of drug-likeness (QED) is 0.927. The molecule has 3 atom stereocenters. The van der Waals surface area contributed by atoms with Crippen molar-refractivity contribution in [2.24, 2.45) is 5.92 Å². The molecule has 0 spiro atoms. The van der Waals surface area contributed by atoms with Gasteiger partial charge in [-0.3, -0.25) is 10.1 Å². The zero-order valence-corrected chi connectivity index (χ0v) is 12.5. The van der Waals surface area contributed by atoms with Crippen LogP contribution in [0.1, 0.15) is 50.8 Å².